The minimum atomic E-state index is -0.419. The summed E-state index contributed by atoms with van der Waals surface area (Å²) in [6, 6.07) is 17.7. The third kappa shape index (κ3) is 6.00. The molecule has 4 heteroatoms. The summed E-state index contributed by atoms with van der Waals surface area (Å²) < 4.78 is 0. The number of carbonyl (C=O) groups is 1. The fourth-order valence-electron chi connectivity index (χ4n) is 2.76. The molecule has 0 atom stereocenters. The molecule has 0 aliphatic carbocycles. The van der Waals surface area contributed by atoms with E-state index in [9.17, 15) is 10.1 Å². The number of rotatable bonds is 8. The van der Waals surface area contributed by atoms with Gasteiger partial charge in [-0.15, -0.1) is 0 Å². The van der Waals surface area contributed by atoms with Crippen LogP contribution in [0.5, 0.6) is 0 Å². The van der Waals surface area contributed by atoms with Crippen LogP contribution in [0.1, 0.15) is 50.7 Å². The molecule has 0 aliphatic heterocycles. The van der Waals surface area contributed by atoms with Crippen molar-refractivity contribution < 1.29 is 4.79 Å². The van der Waals surface area contributed by atoms with Gasteiger partial charge in [0.05, 0.1) is 0 Å². The molecule has 0 fully saturated rings. The van der Waals surface area contributed by atoms with Crippen LogP contribution in [0.2, 0.25) is 0 Å². The van der Waals surface area contributed by atoms with Crippen LogP contribution in [0, 0.1) is 11.3 Å². The predicted molar refractivity (Wildman–Crippen MR) is 112 cm³/mol. The molecular formula is C23H27N3O. The number of hydrogen-bond donors (Lipinski definition) is 2. The Kier molecular flexibility index (Phi) is 7.63. The summed E-state index contributed by atoms with van der Waals surface area (Å²) in [7, 11) is 0. The first kappa shape index (κ1) is 20.3. The van der Waals surface area contributed by atoms with Crippen molar-refractivity contribution in [1.82, 2.24) is 0 Å². The third-order valence-electron chi connectivity index (χ3n) is 4.35. The van der Waals surface area contributed by atoms with Crippen molar-refractivity contribution in [2.75, 3.05) is 10.6 Å². The highest BCUT2D eigenvalue weighted by Crippen LogP contribution is 2.24. The summed E-state index contributed by atoms with van der Waals surface area (Å²) in [5.74, 6) is -0.141. The summed E-state index contributed by atoms with van der Waals surface area (Å²) in [4.78, 5) is 12.5. The van der Waals surface area contributed by atoms with Crippen LogP contribution in [0.4, 0.5) is 11.4 Å². The lowest BCUT2D eigenvalue weighted by atomic mass is 10.0. The lowest BCUT2D eigenvalue weighted by Crippen LogP contribution is -2.16. The standard InChI is InChI=1S/C23H27N3O/c1-4-5-8-18-11-13-20(14-12-18)25-16-19(15-24)23(27)26-22-10-7-6-9-21(22)17(2)3/h6-7,9-14,16-17,25H,4-5,8H2,1-3H3,(H,26,27)/b19-16-. The summed E-state index contributed by atoms with van der Waals surface area (Å²) in [6.45, 7) is 6.31. The molecule has 2 aromatic carbocycles. The molecule has 0 radical (unpaired) electrons. The topological polar surface area (TPSA) is 64.9 Å². The van der Waals surface area contributed by atoms with E-state index in [4.69, 9.17) is 0 Å². The maximum atomic E-state index is 12.5. The Morgan fingerprint density at radius 2 is 1.85 bits per heavy atom. The zero-order chi connectivity index (χ0) is 19.6. The first-order valence-electron chi connectivity index (χ1n) is 9.41. The van der Waals surface area contributed by atoms with Crippen LogP contribution in [0.15, 0.2) is 60.3 Å². The molecule has 4 nitrogen and oxygen atoms in total. The van der Waals surface area contributed by atoms with Gasteiger partial charge in [-0.05, 0) is 48.1 Å². The van der Waals surface area contributed by atoms with E-state index >= 15 is 0 Å². The second kappa shape index (κ2) is 10.2. The predicted octanol–water partition coefficient (Wildman–Crippen LogP) is 5.61. The Bertz CT molecular complexity index is 829. The van der Waals surface area contributed by atoms with Crippen molar-refractivity contribution in [3.63, 3.8) is 0 Å². The number of nitrogens with one attached hydrogen (secondary N) is 2. The number of aryl methyl sites for hydroxylation is 1. The van der Waals surface area contributed by atoms with Crippen LogP contribution < -0.4 is 10.6 Å². The van der Waals surface area contributed by atoms with Crippen LogP contribution in [-0.2, 0) is 11.2 Å². The molecule has 140 valence electrons. The zero-order valence-electron chi connectivity index (χ0n) is 16.3. The molecule has 2 rings (SSSR count). The second-order valence-corrected chi connectivity index (χ2v) is 6.81. The molecule has 0 unspecified atom stereocenters. The molecule has 27 heavy (non-hydrogen) atoms. The molecular weight excluding hydrogens is 334 g/mol. The highest BCUT2D eigenvalue weighted by molar-refractivity contribution is 6.07. The number of para-hydroxylation sites is 1. The van der Waals surface area contributed by atoms with Crippen molar-refractivity contribution in [3.05, 3.63) is 71.4 Å². The quantitative estimate of drug-likeness (QED) is 0.474. The van der Waals surface area contributed by atoms with Gasteiger partial charge in [0.25, 0.3) is 5.91 Å². The summed E-state index contributed by atoms with van der Waals surface area (Å²) in [6.07, 6.45) is 4.86. The highest BCUT2D eigenvalue weighted by atomic mass is 16.1. The maximum Gasteiger partial charge on any atom is 0.267 e. The SMILES string of the molecule is CCCCc1ccc(N/C=C(/C#N)C(=O)Nc2ccccc2C(C)C)cc1. The highest BCUT2D eigenvalue weighted by Gasteiger charge is 2.13. The van der Waals surface area contributed by atoms with Gasteiger partial charge in [0.15, 0.2) is 0 Å². The minimum Gasteiger partial charge on any atom is -0.360 e. The monoisotopic (exact) mass is 361 g/mol. The molecule has 0 aliphatic rings. The van der Waals surface area contributed by atoms with Crippen molar-refractivity contribution in [1.29, 1.82) is 5.26 Å². The summed E-state index contributed by atoms with van der Waals surface area (Å²) in [5.41, 5.74) is 3.94. The maximum absolute atomic E-state index is 12.5. The van der Waals surface area contributed by atoms with E-state index in [-0.39, 0.29) is 11.5 Å². The molecule has 0 heterocycles. The van der Waals surface area contributed by atoms with Crippen LogP contribution >= 0.6 is 0 Å². The average molecular weight is 361 g/mol. The van der Waals surface area contributed by atoms with Crippen molar-refractivity contribution in [2.45, 2.75) is 46.0 Å². The number of anilines is 2. The normalized spacial score (nSPS) is 11.1. The molecule has 0 bridgehead atoms. The first-order valence-corrected chi connectivity index (χ1v) is 9.41. The number of benzene rings is 2. The van der Waals surface area contributed by atoms with Crippen LogP contribution in [0.25, 0.3) is 0 Å². The third-order valence-corrected chi connectivity index (χ3v) is 4.35. The molecule has 0 saturated heterocycles. The second-order valence-electron chi connectivity index (χ2n) is 6.81. The van der Waals surface area contributed by atoms with Crippen LogP contribution in [0.3, 0.4) is 0 Å². The van der Waals surface area contributed by atoms with Crippen molar-refractivity contribution >= 4 is 17.3 Å². The van der Waals surface area contributed by atoms with Gasteiger partial charge >= 0.3 is 0 Å². The molecule has 0 saturated carbocycles. The number of nitriles is 1. The van der Waals surface area contributed by atoms with Gasteiger partial charge in [0, 0.05) is 17.6 Å². The van der Waals surface area contributed by atoms with Crippen LogP contribution in [-0.4, -0.2) is 5.91 Å². The van der Waals surface area contributed by atoms with Gasteiger partial charge < -0.3 is 10.6 Å². The van der Waals surface area contributed by atoms with E-state index in [2.05, 4.69) is 43.5 Å². The smallest absolute Gasteiger partial charge is 0.267 e. The Labute approximate surface area is 161 Å². The number of hydrogen-bond acceptors (Lipinski definition) is 3. The van der Waals surface area contributed by atoms with E-state index in [1.807, 2.05) is 42.5 Å². The summed E-state index contributed by atoms with van der Waals surface area (Å²) in [5, 5.41) is 15.2. The van der Waals surface area contributed by atoms with Gasteiger partial charge in [-0.25, -0.2) is 0 Å². The Morgan fingerprint density at radius 1 is 1.15 bits per heavy atom. The lowest BCUT2D eigenvalue weighted by molar-refractivity contribution is -0.112. The number of amides is 1. The Hall–Kier alpha value is -3.06. The van der Waals surface area contributed by atoms with E-state index in [1.54, 1.807) is 0 Å². The van der Waals surface area contributed by atoms with E-state index in [1.165, 1.54) is 24.6 Å². The van der Waals surface area contributed by atoms with Gasteiger partial charge in [-0.3, -0.25) is 4.79 Å². The Balaban J connectivity index is 2.05. The zero-order valence-corrected chi connectivity index (χ0v) is 16.3. The minimum absolute atomic E-state index is 0.0311. The fraction of sp³-hybridized carbons (Fsp3) is 0.304. The van der Waals surface area contributed by atoms with Gasteiger partial charge in [-0.1, -0.05) is 57.5 Å². The van der Waals surface area contributed by atoms with Gasteiger partial charge in [-0.2, -0.15) is 5.26 Å². The van der Waals surface area contributed by atoms with E-state index in [0.29, 0.717) is 0 Å². The number of nitrogens with zero attached hydrogens (tertiary/aromatic N) is 1. The fourth-order valence-corrected chi connectivity index (χ4v) is 2.76. The molecule has 2 aromatic rings. The largest absolute Gasteiger partial charge is 0.360 e. The number of unbranched alkanes of at least 4 members (excludes halogenated alkanes) is 1. The summed E-state index contributed by atoms with van der Waals surface area (Å²) >= 11 is 0. The molecule has 0 aromatic heterocycles. The number of carbonyl (C=O) groups excluding carboxylic acids is 1. The van der Waals surface area contributed by atoms with E-state index in [0.717, 1.165) is 23.4 Å². The molecule has 2 N–H and O–H groups in total. The van der Waals surface area contributed by atoms with Gasteiger partial charge in [0.1, 0.15) is 11.6 Å². The Morgan fingerprint density at radius 3 is 2.48 bits per heavy atom. The lowest BCUT2D eigenvalue weighted by Gasteiger charge is -2.13. The van der Waals surface area contributed by atoms with Crippen molar-refractivity contribution in [3.8, 4) is 6.07 Å². The molecule has 1 amide bonds. The average Bonchev–Trinajstić information content (AvgIpc) is 2.68. The van der Waals surface area contributed by atoms with Crippen molar-refractivity contribution in [2.24, 2.45) is 0 Å². The van der Waals surface area contributed by atoms with E-state index < -0.39 is 5.91 Å². The van der Waals surface area contributed by atoms with Gasteiger partial charge in [0.2, 0.25) is 0 Å². The first-order chi connectivity index (χ1) is 13.0. The molecule has 0 spiro atoms.